The molecule has 1 amide bonds. The number of hydrogen-bond donors (Lipinski definition) is 2. The maximum absolute atomic E-state index is 10.7. The molecule has 0 rings (SSSR count). The number of carbonyl (C=O) groups excluding carboxylic acids is 1. The molecule has 0 saturated carbocycles. The Kier molecular flexibility index (Phi) is 4.45. The van der Waals surface area contributed by atoms with Crippen molar-refractivity contribution in [2.45, 2.75) is 19.4 Å². The average Bonchev–Trinajstić information content (AvgIpc) is 2.10. The van der Waals surface area contributed by atoms with Crippen molar-refractivity contribution in [2.75, 3.05) is 12.0 Å². The molecule has 0 spiro atoms. The third-order valence-electron chi connectivity index (χ3n) is 1.33. The van der Waals surface area contributed by atoms with Gasteiger partial charge in [-0.3, -0.25) is 9.00 Å². The Morgan fingerprint density at radius 1 is 1.69 bits per heavy atom. The summed E-state index contributed by atoms with van der Waals surface area (Å²) >= 11 is 0. The summed E-state index contributed by atoms with van der Waals surface area (Å²) in [5, 5.41) is 10.8. The molecule has 0 aromatic heterocycles. The van der Waals surface area contributed by atoms with Crippen LogP contribution < -0.4 is 5.32 Å². The molecule has 2 atom stereocenters. The van der Waals surface area contributed by atoms with E-state index in [1.807, 2.05) is 0 Å². The normalized spacial score (nSPS) is 15.6. The minimum Gasteiger partial charge on any atom is -0.480 e. The van der Waals surface area contributed by atoms with Crippen molar-refractivity contribution >= 4 is 22.7 Å². The predicted molar refractivity (Wildman–Crippen MR) is 48.8 cm³/mol. The van der Waals surface area contributed by atoms with E-state index in [2.05, 4.69) is 5.32 Å². The molecule has 2 N–H and O–H groups in total. The largest absolute Gasteiger partial charge is 0.480 e. The van der Waals surface area contributed by atoms with Gasteiger partial charge in [0.1, 0.15) is 6.04 Å². The fourth-order valence-corrected chi connectivity index (χ4v) is 1.30. The van der Waals surface area contributed by atoms with Gasteiger partial charge in [0.25, 0.3) is 0 Å². The third kappa shape index (κ3) is 6.27. The van der Waals surface area contributed by atoms with Crippen LogP contribution in [-0.2, 0) is 20.4 Å². The van der Waals surface area contributed by atoms with Gasteiger partial charge in [-0.1, -0.05) is 0 Å². The highest BCUT2D eigenvalue weighted by Crippen LogP contribution is 1.94. The first kappa shape index (κ1) is 10.2. The van der Waals surface area contributed by atoms with Gasteiger partial charge in [-0.25, -0.2) is 4.79 Å². The van der Waals surface area contributed by atoms with Gasteiger partial charge >= 0.3 is 5.97 Å². The van der Waals surface area contributed by atoms with Crippen molar-refractivity contribution in [2.24, 2.45) is 0 Å². The Balaban J connectivity index is 4.09. The Labute approximate surface area is 80.4 Å². The topological polar surface area (TPSA) is 83.5 Å². The van der Waals surface area contributed by atoms with Crippen molar-refractivity contribution in [3.05, 3.63) is 0 Å². The van der Waals surface area contributed by atoms with Gasteiger partial charge < -0.3 is 10.4 Å². The fourth-order valence-electron chi connectivity index (χ4n) is 0.736. The molecule has 0 aliphatic heterocycles. The zero-order chi connectivity index (χ0) is 11.1. The molecule has 0 bridgehead atoms. The minimum atomic E-state index is -1.17. The molecule has 1 unspecified atom stereocenters. The van der Waals surface area contributed by atoms with Crippen LogP contribution in [0.5, 0.6) is 0 Å². The first-order chi connectivity index (χ1) is 6.47. The quantitative estimate of drug-likeness (QED) is 0.628. The molecule has 0 radical (unpaired) electrons. The molecule has 6 heteroatoms. The molecule has 0 saturated heterocycles. The summed E-state index contributed by atoms with van der Waals surface area (Å²) < 4.78 is 17.4. The summed E-state index contributed by atoms with van der Waals surface area (Å²) in [7, 11) is -1.08. The van der Waals surface area contributed by atoms with Gasteiger partial charge in [0.05, 0.1) is 0 Å². The lowest BCUT2D eigenvalue weighted by Gasteiger charge is -2.11. The molecule has 0 aromatic carbocycles. The Morgan fingerprint density at radius 2 is 2.31 bits per heavy atom. The second kappa shape index (κ2) is 5.69. The van der Waals surface area contributed by atoms with Crippen molar-refractivity contribution in [1.29, 1.82) is 0 Å². The summed E-state index contributed by atoms with van der Waals surface area (Å²) in [5.74, 6) is -1.59. The van der Waals surface area contributed by atoms with Gasteiger partial charge in [-0.05, 0) is 6.42 Å². The van der Waals surface area contributed by atoms with Crippen LogP contribution in [0.4, 0.5) is 0 Å². The zero-order valence-electron chi connectivity index (χ0n) is 8.28. The fraction of sp³-hybridized carbons (Fsp3) is 0.714. The van der Waals surface area contributed by atoms with E-state index in [4.69, 9.17) is 6.48 Å². The standard InChI is InChI=1S/C7H13NO4S/c1-5(9)8-6(7(10)11)3-4-13(2)12/h6H,3-4H2,1-2H3,(H,8,9)(H,10,11)/t6-,13?/m0/s1/i1D. The van der Waals surface area contributed by atoms with E-state index >= 15 is 0 Å². The average molecular weight is 208 g/mol. The number of hydrogen-bond acceptors (Lipinski definition) is 3. The van der Waals surface area contributed by atoms with Crippen LogP contribution in [-0.4, -0.2) is 39.2 Å². The molecule has 0 heterocycles. The van der Waals surface area contributed by atoms with Crippen LogP contribution in [0, 0.1) is 0 Å². The lowest BCUT2D eigenvalue weighted by Crippen LogP contribution is -2.40. The van der Waals surface area contributed by atoms with Gasteiger partial charge in [0, 0.05) is 31.1 Å². The molecule has 5 nitrogen and oxygen atoms in total. The first-order valence-corrected chi connectivity index (χ1v) is 5.31. The van der Waals surface area contributed by atoms with Crippen molar-refractivity contribution < 1.29 is 20.3 Å². The number of carbonyl (C=O) groups is 2. The molecule has 0 aliphatic carbocycles. The maximum Gasteiger partial charge on any atom is 0.326 e. The highest BCUT2D eigenvalue weighted by Gasteiger charge is 2.17. The molecular formula is C7H13NO4S. The number of carboxylic acid groups (broad SMARTS) is 1. The number of amides is 1. The number of aliphatic carboxylic acids is 1. The second-order valence-electron chi connectivity index (χ2n) is 2.52. The molecule has 0 fully saturated rings. The number of nitrogens with one attached hydrogen (secondary N) is 1. The van der Waals surface area contributed by atoms with Crippen LogP contribution >= 0.6 is 0 Å². The lowest BCUT2D eigenvalue weighted by molar-refractivity contribution is -0.141. The summed E-state index contributed by atoms with van der Waals surface area (Å²) in [5.41, 5.74) is 0. The third-order valence-corrected chi connectivity index (χ3v) is 2.14. The molecule has 76 valence electrons. The molecule has 0 aliphatic rings. The van der Waals surface area contributed by atoms with Gasteiger partial charge in [-0.15, -0.1) is 0 Å². The van der Waals surface area contributed by atoms with E-state index in [0.717, 1.165) is 0 Å². The van der Waals surface area contributed by atoms with E-state index in [0.29, 0.717) is 0 Å². The smallest absolute Gasteiger partial charge is 0.326 e. The molecule has 0 aromatic rings. The van der Waals surface area contributed by atoms with E-state index in [-0.39, 0.29) is 12.2 Å². The van der Waals surface area contributed by atoms with E-state index in [1.165, 1.54) is 6.26 Å². The zero-order valence-corrected chi connectivity index (χ0v) is 8.10. The first-order valence-electron chi connectivity index (χ1n) is 4.29. The molecular weight excluding hydrogens is 194 g/mol. The SMILES string of the molecule is [2H]CC(=O)N[C@@H](CCS(C)=O)C(=O)O. The Morgan fingerprint density at radius 3 is 2.69 bits per heavy atom. The van der Waals surface area contributed by atoms with Crippen LogP contribution in [0.15, 0.2) is 0 Å². The second-order valence-corrected chi connectivity index (χ2v) is 4.08. The molecule has 13 heavy (non-hydrogen) atoms. The maximum atomic E-state index is 10.7. The number of carboxylic acids is 1. The predicted octanol–water partition coefficient (Wildman–Crippen LogP) is -0.656. The van der Waals surface area contributed by atoms with Crippen molar-refractivity contribution in [3.8, 4) is 0 Å². The van der Waals surface area contributed by atoms with E-state index in [1.54, 1.807) is 0 Å². The summed E-state index contributed by atoms with van der Waals surface area (Å²) in [6.07, 6.45) is 1.58. The van der Waals surface area contributed by atoms with E-state index < -0.39 is 35.6 Å². The van der Waals surface area contributed by atoms with Crippen LogP contribution in [0.2, 0.25) is 0 Å². The van der Waals surface area contributed by atoms with Gasteiger partial charge in [0.15, 0.2) is 0 Å². The van der Waals surface area contributed by atoms with Gasteiger partial charge in [0.2, 0.25) is 5.91 Å². The van der Waals surface area contributed by atoms with Crippen LogP contribution in [0.3, 0.4) is 0 Å². The monoisotopic (exact) mass is 208 g/mol. The van der Waals surface area contributed by atoms with Crippen LogP contribution in [0.1, 0.15) is 14.7 Å². The highest BCUT2D eigenvalue weighted by atomic mass is 32.2. The highest BCUT2D eigenvalue weighted by molar-refractivity contribution is 7.84. The Hall–Kier alpha value is -0.910. The van der Waals surface area contributed by atoms with Crippen LogP contribution in [0.25, 0.3) is 0 Å². The summed E-state index contributed by atoms with van der Waals surface area (Å²) in [6, 6.07) is -1.04. The van der Waals surface area contributed by atoms with Gasteiger partial charge in [-0.2, -0.15) is 0 Å². The minimum absolute atomic E-state index is 0.115. The number of rotatable bonds is 5. The lowest BCUT2D eigenvalue weighted by atomic mass is 10.2. The Bertz CT molecular complexity index is 246. The van der Waals surface area contributed by atoms with E-state index in [9.17, 15) is 13.8 Å². The summed E-state index contributed by atoms with van der Waals surface area (Å²) in [4.78, 5) is 21.3. The summed E-state index contributed by atoms with van der Waals surface area (Å²) in [6.45, 7) is -0.501. The van der Waals surface area contributed by atoms with Crippen molar-refractivity contribution in [3.63, 3.8) is 0 Å². The van der Waals surface area contributed by atoms with Crippen molar-refractivity contribution in [1.82, 2.24) is 5.32 Å².